The Morgan fingerprint density at radius 3 is 2.48 bits per heavy atom. The van der Waals surface area contributed by atoms with Crippen LogP contribution in [0.1, 0.15) is 13.0 Å². The number of nitro groups is 1. The van der Waals surface area contributed by atoms with Crippen molar-refractivity contribution in [2.45, 2.75) is 13.0 Å². The van der Waals surface area contributed by atoms with E-state index in [9.17, 15) is 14.9 Å². The third-order valence-electron chi connectivity index (χ3n) is 4.01. The van der Waals surface area contributed by atoms with E-state index in [1.165, 1.54) is 35.3 Å². The molecule has 0 aliphatic heterocycles. The second-order valence-corrected chi connectivity index (χ2v) is 6.49. The third-order valence-corrected chi connectivity index (χ3v) is 4.21. The lowest BCUT2D eigenvalue weighted by Gasteiger charge is -2.14. The first-order chi connectivity index (χ1) is 13.9. The summed E-state index contributed by atoms with van der Waals surface area (Å²) in [4.78, 5) is 23.2. The van der Waals surface area contributed by atoms with Crippen molar-refractivity contribution < 1.29 is 19.2 Å². The van der Waals surface area contributed by atoms with E-state index in [1.807, 2.05) is 0 Å². The predicted molar refractivity (Wildman–Crippen MR) is 107 cm³/mol. The second kappa shape index (κ2) is 8.61. The molecule has 1 amide bonds. The minimum Gasteiger partial charge on any atom is -0.497 e. The minimum absolute atomic E-state index is 0.203. The maximum absolute atomic E-state index is 12.5. The maximum Gasteiger partial charge on any atom is 0.275 e. The summed E-state index contributed by atoms with van der Waals surface area (Å²) in [7, 11) is 1.55. The highest BCUT2D eigenvalue weighted by molar-refractivity contribution is 6.30. The molecule has 0 saturated heterocycles. The fourth-order valence-corrected chi connectivity index (χ4v) is 2.64. The lowest BCUT2D eigenvalue weighted by atomic mass is 10.2. The number of non-ortho nitro benzene ring substituents is 1. The van der Waals surface area contributed by atoms with Crippen LogP contribution >= 0.6 is 11.6 Å². The molecule has 0 aliphatic carbocycles. The first-order valence-electron chi connectivity index (χ1n) is 8.47. The van der Waals surface area contributed by atoms with Gasteiger partial charge in [0, 0.05) is 18.3 Å². The van der Waals surface area contributed by atoms with Crippen LogP contribution in [0.2, 0.25) is 5.02 Å². The number of nitrogens with zero attached hydrogens (tertiary/aromatic N) is 3. The molecule has 3 rings (SSSR count). The number of rotatable bonds is 7. The van der Waals surface area contributed by atoms with Crippen molar-refractivity contribution in [3.05, 3.63) is 70.0 Å². The number of carbonyl (C=O) groups excluding carboxylic acids is 1. The van der Waals surface area contributed by atoms with E-state index < -0.39 is 16.9 Å². The van der Waals surface area contributed by atoms with Crippen molar-refractivity contribution in [2.75, 3.05) is 12.4 Å². The number of benzene rings is 2. The molecule has 1 atom stereocenters. The molecule has 0 radical (unpaired) electrons. The fraction of sp³-hybridized carbons (Fsp3) is 0.158. The number of halogens is 1. The average Bonchev–Trinajstić information content (AvgIpc) is 3.14. The third kappa shape index (κ3) is 5.02. The van der Waals surface area contributed by atoms with Crippen molar-refractivity contribution in [2.24, 2.45) is 0 Å². The van der Waals surface area contributed by atoms with Gasteiger partial charge in [0.1, 0.15) is 23.3 Å². The summed E-state index contributed by atoms with van der Waals surface area (Å²) in [6.07, 6.45) is 2.93. The van der Waals surface area contributed by atoms with Crippen LogP contribution in [-0.2, 0) is 4.79 Å². The first kappa shape index (κ1) is 20.2. The van der Waals surface area contributed by atoms with E-state index >= 15 is 0 Å². The van der Waals surface area contributed by atoms with Gasteiger partial charge in [0.25, 0.3) is 5.69 Å². The molecule has 0 spiro atoms. The van der Waals surface area contributed by atoms with E-state index in [0.29, 0.717) is 16.5 Å². The van der Waals surface area contributed by atoms with Gasteiger partial charge in [-0.25, -0.2) is 0 Å². The van der Waals surface area contributed by atoms with Crippen molar-refractivity contribution >= 4 is 28.9 Å². The van der Waals surface area contributed by atoms with Crippen LogP contribution in [0.4, 0.5) is 11.4 Å². The number of methoxy groups -OCH3 is 1. The van der Waals surface area contributed by atoms with Crippen molar-refractivity contribution in [3.8, 4) is 17.2 Å². The van der Waals surface area contributed by atoms with E-state index in [0.717, 1.165) is 0 Å². The lowest BCUT2D eigenvalue weighted by Crippen LogP contribution is -2.24. The molecule has 3 aromatic rings. The Morgan fingerprint density at radius 1 is 1.21 bits per heavy atom. The molecule has 1 heterocycles. The maximum atomic E-state index is 12.5. The topological polar surface area (TPSA) is 109 Å². The largest absolute Gasteiger partial charge is 0.497 e. The Balaban J connectivity index is 1.82. The van der Waals surface area contributed by atoms with Crippen molar-refractivity contribution in [1.29, 1.82) is 0 Å². The van der Waals surface area contributed by atoms with E-state index in [1.54, 1.807) is 38.3 Å². The lowest BCUT2D eigenvalue weighted by molar-refractivity contribution is -0.384. The quantitative estimate of drug-likeness (QED) is 0.450. The molecule has 1 N–H and O–H groups in total. The Kier molecular flexibility index (Phi) is 5.99. The van der Waals surface area contributed by atoms with Crippen LogP contribution in [0.25, 0.3) is 0 Å². The van der Waals surface area contributed by atoms with Crippen LogP contribution in [0, 0.1) is 10.1 Å². The van der Waals surface area contributed by atoms with Crippen LogP contribution in [0.15, 0.2) is 54.9 Å². The minimum atomic E-state index is -0.673. The molecule has 1 aromatic heterocycles. The Morgan fingerprint density at radius 2 is 1.90 bits per heavy atom. The fourth-order valence-electron chi connectivity index (χ4n) is 2.49. The van der Waals surface area contributed by atoms with Crippen LogP contribution < -0.4 is 14.8 Å². The van der Waals surface area contributed by atoms with E-state index in [4.69, 9.17) is 21.1 Å². The van der Waals surface area contributed by atoms with Gasteiger partial charge in [-0.15, -0.1) is 0 Å². The molecule has 150 valence electrons. The van der Waals surface area contributed by atoms with Gasteiger partial charge < -0.3 is 14.8 Å². The predicted octanol–water partition coefficient (Wildman–Crippen LogP) is 4.45. The van der Waals surface area contributed by atoms with Crippen molar-refractivity contribution in [1.82, 2.24) is 9.78 Å². The molecule has 9 nitrogen and oxygen atoms in total. The van der Waals surface area contributed by atoms with Gasteiger partial charge in [-0.2, -0.15) is 5.10 Å². The number of hydrogen-bond donors (Lipinski definition) is 1. The summed E-state index contributed by atoms with van der Waals surface area (Å²) < 4.78 is 12.2. The highest BCUT2D eigenvalue weighted by atomic mass is 35.5. The zero-order chi connectivity index (χ0) is 21.0. The molecule has 1 unspecified atom stereocenters. The number of hydrogen-bond acceptors (Lipinski definition) is 6. The normalized spacial score (nSPS) is 11.6. The monoisotopic (exact) mass is 416 g/mol. The molecule has 0 aliphatic rings. The van der Waals surface area contributed by atoms with Gasteiger partial charge in [-0.1, -0.05) is 11.6 Å². The zero-order valence-corrected chi connectivity index (χ0v) is 16.3. The summed E-state index contributed by atoms with van der Waals surface area (Å²) in [5, 5.41) is 18.3. The Hall–Kier alpha value is -3.59. The first-order valence-corrected chi connectivity index (χ1v) is 8.85. The molecule has 10 heteroatoms. The van der Waals surface area contributed by atoms with Crippen LogP contribution in [0.5, 0.6) is 17.2 Å². The molecule has 29 heavy (non-hydrogen) atoms. The number of anilines is 1. The standard InChI is InChI=1S/C19H17ClN4O5/c1-12(23-11-13(20)10-21-23)19(25)22-14-7-15(24(26)27)9-18(8-14)29-17-5-3-16(28-2)4-6-17/h3-12H,1-2H3,(H,22,25). The second-order valence-electron chi connectivity index (χ2n) is 6.05. The molecular formula is C19H17ClN4O5. The van der Waals surface area contributed by atoms with Gasteiger partial charge in [-0.05, 0) is 31.2 Å². The number of ether oxygens (including phenoxy) is 2. The van der Waals surface area contributed by atoms with Crippen molar-refractivity contribution in [3.63, 3.8) is 0 Å². The number of carbonyl (C=O) groups is 1. The Labute approximate surface area is 171 Å². The molecular weight excluding hydrogens is 400 g/mol. The summed E-state index contributed by atoms with van der Waals surface area (Å²) in [6.45, 7) is 1.63. The van der Waals surface area contributed by atoms with Gasteiger partial charge in [0.15, 0.2) is 0 Å². The summed E-state index contributed by atoms with van der Waals surface area (Å²) >= 11 is 5.83. The number of amides is 1. The smallest absolute Gasteiger partial charge is 0.275 e. The molecule has 0 bridgehead atoms. The highest BCUT2D eigenvalue weighted by Gasteiger charge is 2.18. The van der Waals surface area contributed by atoms with Crippen LogP contribution in [-0.4, -0.2) is 27.7 Å². The van der Waals surface area contributed by atoms with Gasteiger partial charge in [0.05, 0.1) is 35.0 Å². The number of nitrogens with one attached hydrogen (secondary N) is 1. The summed E-state index contributed by atoms with van der Waals surface area (Å²) in [6, 6.07) is 10.1. The molecule has 2 aromatic carbocycles. The summed E-state index contributed by atoms with van der Waals surface area (Å²) in [5.74, 6) is 0.898. The highest BCUT2D eigenvalue weighted by Crippen LogP contribution is 2.31. The van der Waals surface area contributed by atoms with E-state index in [2.05, 4.69) is 10.4 Å². The zero-order valence-electron chi connectivity index (χ0n) is 15.5. The van der Waals surface area contributed by atoms with Gasteiger partial charge in [-0.3, -0.25) is 19.6 Å². The number of nitro benzene ring substituents is 1. The summed E-state index contributed by atoms with van der Waals surface area (Å²) in [5.41, 5.74) is -0.00101. The number of aromatic nitrogens is 2. The van der Waals surface area contributed by atoms with Gasteiger partial charge in [0.2, 0.25) is 5.91 Å². The SMILES string of the molecule is COc1ccc(Oc2cc(NC(=O)C(C)n3cc(Cl)cn3)cc([N+](=O)[O-])c2)cc1. The molecule has 0 fully saturated rings. The van der Waals surface area contributed by atoms with Gasteiger partial charge >= 0.3 is 0 Å². The molecule has 0 saturated carbocycles. The van der Waals surface area contributed by atoms with E-state index in [-0.39, 0.29) is 17.1 Å². The average molecular weight is 417 g/mol. The van der Waals surface area contributed by atoms with Crippen LogP contribution in [0.3, 0.4) is 0 Å². The Bertz CT molecular complexity index is 1040.